The van der Waals surface area contributed by atoms with E-state index in [-0.39, 0.29) is 29.1 Å². The molecule has 1 aliphatic rings. The fourth-order valence-electron chi connectivity index (χ4n) is 3.18. The Morgan fingerprint density at radius 2 is 2.08 bits per heavy atom. The van der Waals surface area contributed by atoms with Gasteiger partial charge in [-0.3, -0.25) is 14.5 Å². The summed E-state index contributed by atoms with van der Waals surface area (Å²) in [6, 6.07) is 3.23. The number of aromatic nitrogens is 1. The first-order valence-corrected chi connectivity index (χ1v) is 9.47. The van der Waals surface area contributed by atoms with Gasteiger partial charge in [-0.2, -0.15) is 0 Å². The first-order chi connectivity index (χ1) is 12.4. The van der Waals surface area contributed by atoms with Crippen molar-refractivity contribution in [2.45, 2.75) is 39.3 Å². The molecule has 2 atom stereocenters. The molecule has 2 rings (SSSR count). The van der Waals surface area contributed by atoms with Gasteiger partial charge in [0.15, 0.2) is 0 Å². The van der Waals surface area contributed by atoms with E-state index in [1.54, 1.807) is 19.2 Å². The molecule has 26 heavy (non-hydrogen) atoms. The van der Waals surface area contributed by atoms with E-state index in [1.165, 1.54) is 0 Å². The summed E-state index contributed by atoms with van der Waals surface area (Å²) in [5, 5.41) is 5.85. The summed E-state index contributed by atoms with van der Waals surface area (Å²) in [7, 11) is 1.61. The van der Waals surface area contributed by atoms with Crippen molar-refractivity contribution in [1.29, 1.82) is 0 Å². The van der Waals surface area contributed by atoms with E-state index in [4.69, 9.17) is 11.6 Å². The molecule has 0 aliphatic carbocycles. The first-order valence-electron chi connectivity index (χ1n) is 9.09. The first kappa shape index (κ1) is 20.5. The van der Waals surface area contributed by atoms with Crippen LogP contribution in [0.5, 0.6) is 0 Å². The molecule has 8 heteroatoms. The fraction of sp³-hybridized carbons (Fsp3) is 0.611. The largest absolute Gasteiger partial charge is 0.357 e. The summed E-state index contributed by atoms with van der Waals surface area (Å²) in [4.78, 5) is 32.8. The van der Waals surface area contributed by atoms with Crippen LogP contribution in [0.1, 0.15) is 37.6 Å². The highest BCUT2D eigenvalue weighted by atomic mass is 35.5. The minimum atomic E-state index is -0.260. The molecule has 0 aromatic carbocycles. The molecular weight excluding hydrogens is 354 g/mol. The zero-order valence-corrected chi connectivity index (χ0v) is 16.6. The Bertz CT molecular complexity index is 650. The van der Waals surface area contributed by atoms with E-state index in [0.29, 0.717) is 24.5 Å². The van der Waals surface area contributed by atoms with Gasteiger partial charge in [0.05, 0.1) is 0 Å². The zero-order valence-electron chi connectivity index (χ0n) is 15.9. The molecule has 0 spiro atoms. The van der Waals surface area contributed by atoms with E-state index in [1.807, 2.05) is 4.90 Å². The molecule has 1 aromatic heterocycles. The number of rotatable bonds is 8. The number of halogens is 1. The lowest BCUT2D eigenvalue weighted by Crippen LogP contribution is -2.56. The Morgan fingerprint density at radius 3 is 2.62 bits per heavy atom. The number of anilines is 1. The Kier molecular flexibility index (Phi) is 7.23. The van der Waals surface area contributed by atoms with Crippen LogP contribution in [0.3, 0.4) is 0 Å². The molecule has 144 valence electrons. The van der Waals surface area contributed by atoms with Crippen molar-refractivity contribution >= 4 is 29.2 Å². The molecule has 0 saturated carbocycles. The van der Waals surface area contributed by atoms with Crippen LogP contribution in [0.2, 0.25) is 5.15 Å². The maximum absolute atomic E-state index is 12.5. The number of amides is 2. The van der Waals surface area contributed by atoms with Gasteiger partial charge < -0.3 is 15.5 Å². The Labute approximate surface area is 160 Å². The Balaban J connectivity index is 2.07. The lowest BCUT2D eigenvalue weighted by Gasteiger charge is -2.40. The molecule has 1 fully saturated rings. The molecular formula is C18H28ClN5O2. The van der Waals surface area contributed by atoms with Gasteiger partial charge in [0.1, 0.15) is 17.0 Å². The molecule has 0 bridgehead atoms. The number of hydrogen-bond donors (Lipinski definition) is 2. The highest BCUT2D eigenvalue weighted by Crippen LogP contribution is 2.27. The third-order valence-electron chi connectivity index (χ3n) is 4.90. The number of carbonyl (C=O) groups is 2. The van der Waals surface area contributed by atoms with Crippen LogP contribution in [-0.2, 0) is 4.79 Å². The molecule has 0 radical (unpaired) electrons. The average Bonchev–Trinajstić information content (AvgIpc) is 2.59. The van der Waals surface area contributed by atoms with Gasteiger partial charge in [0.25, 0.3) is 5.91 Å². The van der Waals surface area contributed by atoms with E-state index >= 15 is 0 Å². The summed E-state index contributed by atoms with van der Waals surface area (Å²) < 4.78 is 0. The number of hydrogen-bond acceptors (Lipinski definition) is 5. The number of nitrogens with one attached hydrogen (secondary N) is 2. The topological polar surface area (TPSA) is 77.6 Å². The third-order valence-corrected chi connectivity index (χ3v) is 5.09. The van der Waals surface area contributed by atoms with E-state index in [2.05, 4.69) is 41.3 Å². The third kappa shape index (κ3) is 4.65. The van der Waals surface area contributed by atoms with Gasteiger partial charge >= 0.3 is 0 Å². The van der Waals surface area contributed by atoms with Crippen molar-refractivity contribution in [2.24, 2.45) is 0 Å². The van der Waals surface area contributed by atoms with Gasteiger partial charge in [0, 0.05) is 31.7 Å². The molecule has 2 heterocycles. The number of carbonyl (C=O) groups excluding carboxylic acids is 2. The second kappa shape index (κ2) is 9.19. The Hall–Kier alpha value is -1.86. The summed E-state index contributed by atoms with van der Waals surface area (Å²) in [5.74, 6) is 0.308. The predicted molar refractivity (Wildman–Crippen MR) is 104 cm³/mol. The summed E-state index contributed by atoms with van der Waals surface area (Å²) in [5.41, 5.74) is 0.453. The molecule has 1 unspecified atom stereocenters. The minimum Gasteiger partial charge on any atom is -0.357 e. The van der Waals surface area contributed by atoms with Crippen molar-refractivity contribution < 1.29 is 9.59 Å². The van der Waals surface area contributed by atoms with Crippen LogP contribution in [0.4, 0.5) is 5.82 Å². The van der Waals surface area contributed by atoms with Crippen LogP contribution >= 0.6 is 11.6 Å². The van der Waals surface area contributed by atoms with Gasteiger partial charge in [-0.25, -0.2) is 4.98 Å². The summed E-state index contributed by atoms with van der Waals surface area (Å²) >= 11 is 6.11. The fourth-order valence-corrected chi connectivity index (χ4v) is 3.38. The van der Waals surface area contributed by atoms with Crippen molar-refractivity contribution in [1.82, 2.24) is 20.5 Å². The molecule has 1 saturated heterocycles. The van der Waals surface area contributed by atoms with Gasteiger partial charge in [-0.1, -0.05) is 25.4 Å². The van der Waals surface area contributed by atoms with E-state index < -0.39 is 0 Å². The maximum atomic E-state index is 12.5. The lowest BCUT2D eigenvalue weighted by atomic mass is 10.0. The van der Waals surface area contributed by atoms with Crippen molar-refractivity contribution in [3.8, 4) is 0 Å². The van der Waals surface area contributed by atoms with Crippen LogP contribution in [0.25, 0.3) is 0 Å². The smallest absolute Gasteiger partial charge is 0.251 e. The molecule has 7 nitrogen and oxygen atoms in total. The molecule has 2 amide bonds. The van der Waals surface area contributed by atoms with E-state index in [0.717, 1.165) is 19.5 Å². The van der Waals surface area contributed by atoms with Gasteiger partial charge in [-0.05, 0) is 38.6 Å². The van der Waals surface area contributed by atoms with Crippen LogP contribution in [-0.4, -0.2) is 67.0 Å². The van der Waals surface area contributed by atoms with Crippen molar-refractivity contribution in [3.63, 3.8) is 0 Å². The number of pyridine rings is 1. The predicted octanol–water partition coefficient (Wildman–Crippen LogP) is 1.52. The second-order valence-corrected chi connectivity index (χ2v) is 6.82. The zero-order chi connectivity index (χ0) is 19.3. The summed E-state index contributed by atoms with van der Waals surface area (Å²) in [6.07, 6.45) is 0.761. The maximum Gasteiger partial charge on any atom is 0.251 e. The van der Waals surface area contributed by atoms with Gasteiger partial charge in [-0.15, -0.1) is 0 Å². The second-order valence-electron chi connectivity index (χ2n) is 6.43. The lowest BCUT2D eigenvalue weighted by molar-refractivity contribution is -0.123. The minimum absolute atomic E-state index is 0.0583. The highest BCUT2D eigenvalue weighted by Gasteiger charge is 2.35. The quantitative estimate of drug-likeness (QED) is 0.667. The average molecular weight is 382 g/mol. The number of nitrogens with zero attached hydrogens (tertiary/aromatic N) is 3. The van der Waals surface area contributed by atoms with Crippen LogP contribution in [0, 0.1) is 0 Å². The summed E-state index contributed by atoms with van der Waals surface area (Å²) in [6.45, 7) is 9.45. The van der Waals surface area contributed by atoms with E-state index in [9.17, 15) is 9.59 Å². The van der Waals surface area contributed by atoms with Crippen LogP contribution in [0.15, 0.2) is 12.1 Å². The highest BCUT2D eigenvalue weighted by molar-refractivity contribution is 6.30. The SMILES string of the molecule is CCN(CC)C(C)CNC(=O)c1cc(Cl)nc(N2CC[C@H]2C(=O)NC)c1. The molecule has 1 aromatic rings. The number of likely N-dealkylation sites (N-methyl/N-ethyl adjacent to an activating group) is 2. The standard InChI is InChI=1S/C18H28ClN5O2/c1-5-23(6-2)12(3)11-21-17(25)13-9-15(19)22-16(10-13)24-8-7-14(24)18(26)20-4/h9-10,12,14H,5-8,11H2,1-4H3,(H,20,26)(H,21,25)/t12?,14-/m0/s1. The Morgan fingerprint density at radius 1 is 1.38 bits per heavy atom. The molecule has 2 N–H and O–H groups in total. The molecule has 1 aliphatic heterocycles. The van der Waals surface area contributed by atoms with Crippen molar-refractivity contribution in [2.75, 3.05) is 38.1 Å². The monoisotopic (exact) mass is 381 g/mol. The van der Waals surface area contributed by atoms with Crippen LogP contribution < -0.4 is 15.5 Å². The van der Waals surface area contributed by atoms with Crippen molar-refractivity contribution in [3.05, 3.63) is 22.8 Å². The normalized spacial score (nSPS) is 17.6. The van der Waals surface area contributed by atoms with Gasteiger partial charge in [0.2, 0.25) is 5.91 Å².